The summed E-state index contributed by atoms with van der Waals surface area (Å²) in [6, 6.07) is 2.90. The van der Waals surface area contributed by atoms with E-state index in [2.05, 4.69) is 25.3 Å². The molecule has 0 saturated heterocycles. The number of ether oxygens (including phenoxy) is 1. The van der Waals surface area contributed by atoms with Gasteiger partial charge in [-0.1, -0.05) is 24.5 Å². The zero-order valence-corrected chi connectivity index (χ0v) is 19.1. The van der Waals surface area contributed by atoms with E-state index in [1.807, 2.05) is 0 Å². The number of sulfonamides is 1. The van der Waals surface area contributed by atoms with Crippen molar-refractivity contribution < 1.29 is 31.1 Å². The number of aryl methyl sites for hydroxylation is 2. The molecule has 2 N–H and O–H groups in total. The molecule has 0 aliphatic heterocycles. The van der Waals surface area contributed by atoms with E-state index in [9.17, 15) is 26.4 Å². The van der Waals surface area contributed by atoms with Crippen LogP contribution in [0.4, 0.5) is 29.5 Å². The SMILES string of the molecule is Cc1nc(-c2nnn(C)c2NC(=O)OC(C2CCCCC2)C(F)(F)F)ccc1NS(C)(=O)=O. The van der Waals surface area contributed by atoms with E-state index >= 15 is 0 Å². The third-order valence-electron chi connectivity index (χ3n) is 5.31. The summed E-state index contributed by atoms with van der Waals surface area (Å²) in [4.78, 5) is 16.7. The minimum atomic E-state index is -4.69. The second kappa shape index (κ2) is 9.53. The number of anilines is 2. The summed E-state index contributed by atoms with van der Waals surface area (Å²) in [6.07, 6.45) is -4.31. The van der Waals surface area contributed by atoms with Gasteiger partial charge < -0.3 is 4.74 Å². The van der Waals surface area contributed by atoms with Crippen molar-refractivity contribution in [2.45, 2.75) is 51.3 Å². The van der Waals surface area contributed by atoms with Crippen LogP contribution in [0, 0.1) is 12.8 Å². The molecule has 3 rings (SSSR count). The zero-order chi connectivity index (χ0) is 24.4. The summed E-state index contributed by atoms with van der Waals surface area (Å²) in [5, 5.41) is 10.0. The fraction of sp³-hybridized carbons (Fsp3) is 0.579. The first kappa shape index (κ1) is 24.7. The van der Waals surface area contributed by atoms with E-state index < -0.39 is 34.3 Å². The highest BCUT2D eigenvalue weighted by molar-refractivity contribution is 7.92. The first-order chi connectivity index (χ1) is 15.3. The predicted octanol–water partition coefficient (Wildman–Crippen LogP) is 3.62. The van der Waals surface area contributed by atoms with E-state index in [1.54, 1.807) is 6.92 Å². The monoisotopic (exact) mass is 490 g/mol. The number of carbonyl (C=O) groups excluding carboxylic acids is 1. The van der Waals surface area contributed by atoms with Crippen molar-refractivity contribution in [3.63, 3.8) is 0 Å². The van der Waals surface area contributed by atoms with Crippen molar-refractivity contribution in [2.24, 2.45) is 13.0 Å². The van der Waals surface area contributed by atoms with E-state index in [4.69, 9.17) is 4.74 Å². The molecule has 1 aliphatic rings. The van der Waals surface area contributed by atoms with Gasteiger partial charge in [0, 0.05) is 13.0 Å². The molecule has 1 amide bonds. The molecule has 33 heavy (non-hydrogen) atoms. The molecule has 0 spiro atoms. The van der Waals surface area contributed by atoms with Gasteiger partial charge in [0.05, 0.1) is 23.3 Å². The number of halogens is 3. The molecule has 1 saturated carbocycles. The molecule has 1 atom stereocenters. The Hall–Kier alpha value is -2.90. The minimum absolute atomic E-state index is 0.0136. The highest BCUT2D eigenvalue weighted by Gasteiger charge is 2.48. The lowest BCUT2D eigenvalue weighted by Gasteiger charge is -2.31. The van der Waals surface area contributed by atoms with Crippen LogP contribution in [0.5, 0.6) is 0 Å². The number of hydrogen-bond donors (Lipinski definition) is 2. The van der Waals surface area contributed by atoms with E-state index in [-0.39, 0.29) is 22.9 Å². The van der Waals surface area contributed by atoms with Gasteiger partial charge in [-0.25, -0.2) is 22.9 Å². The number of rotatable bonds is 6. The fourth-order valence-electron chi connectivity index (χ4n) is 3.78. The summed E-state index contributed by atoms with van der Waals surface area (Å²) in [7, 11) is -2.07. The largest absolute Gasteiger partial charge is 0.436 e. The Morgan fingerprint density at radius 1 is 1.24 bits per heavy atom. The average molecular weight is 491 g/mol. The fourth-order valence-corrected chi connectivity index (χ4v) is 4.39. The van der Waals surface area contributed by atoms with E-state index in [0.29, 0.717) is 31.4 Å². The van der Waals surface area contributed by atoms with E-state index in [0.717, 1.165) is 12.7 Å². The molecule has 1 fully saturated rings. The average Bonchev–Trinajstić information content (AvgIpc) is 3.07. The Bertz CT molecular complexity index is 1110. The Morgan fingerprint density at radius 2 is 1.91 bits per heavy atom. The van der Waals surface area contributed by atoms with Gasteiger partial charge in [0.25, 0.3) is 0 Å². The standard InChI is InChI=1S/C19H25F3N6O4S/c1-11-13(26-33(3,30)31)9-10-14(23-11)15-17(28(2)27-25-15)24-18(29)32-16(19(20,21)22)12-7-5-4-6-8-12/h9-10,12,16,26H,4-8H2,1-3H3,(H,24,29). The van der Waals surface area contributed by atoms with Crippen LogP contribution in [0.25, 0.3) is 11.4 Å². The number of alkyl halides is 3. The molecule has 182 valence electrons. The number of nitrogens with one attached hydrogen (secondary N) is 2. The molecule has 2 heterocycles. The number of nitrogens with zero attached hydrogens (tertiary/aromatic N) is 4. The van der Waals surface area contributed by atoms with Gasteiger partial charge in [-0.2, -0.15) is 13.2 Å². The third kappa shape index (κ3) is 6.33. The molecular weight excluding hydrogens is 465 g/mol. The van der Waals surface area contributed by atoms with Crippen LogP contribution >= 0.6 is 0 Å². The quantitative estimate of drug-likeness (QED) is 0.633. The van der Waals surface area contributed by atoms with Crippen LogP contribution in [-0.4, -0.2) is 53.0 Å². The van der Waals surface area contributed by atoms with Crippen LogP contribution in [0.3, 0.4) is 0 Å². The normalized spacial score (nSPS) is 16.3. The van der Waals surface area contributed by atoms with Gasteiger partial charge in [0.15, 0.2) is 11.5 Å². The first-order valence-corrected chi connectivity index (χ1v) is 12.1. The third-order valence-corrected chi connectivity index (χ3v) is 5.90. The summed E-state index contributed by atoms with van der Waals surface area (Å²) < 4.78 is 71.9. The molecule has 1 aliphatic carbocycles. The smallest absolute Gasteiger partial charge is 0.425 e. The number of pyridine rings is 1. The summed E-state index contributed by atoms with van der Waals surface area (Å²) in [5.41, 5.74) is 0.894. The van der Waals surface area contributed by atoms with Crippen molar-refractivity contribution in [1.29, 1.82) is 0 Å². The lowest BCUT2D eigenvalue weighted by atomic mass is 9.85. The maximum atomic E-state index is 13.6. The highest BCUT2D eigenvalue weighted by Crippen LogP contribution is 2.37. The topological polar surface area (TPSA) is 128 Å². The van der Waals surface area contributed by atoms with Crippen molar-refractivity contribution in [1.82, 2.24) is 20.0 Å². The maximum absolute atomic E-state index is 13.6. The molecule has 0 radical (unpaired) electrons. The van der Waals surface area contributed by atoms with Crippen molar-refractivity contribution in [2.75, 3.05) is 16.3 Å². The molecule has 14 heteroatoms. The number of carbonyl (C=O) groups is 1. The summed E-state index contributed by atoms with van der Waals surface area (Å²) in [5.74, 6) is -0.798. The van der Waals surface area contributed by atoms with Crippen LogP contribution in [0.1, 0.15) is 37.8 Å². The van der Waals surface area contributed by atoms with Gasteiger partial charge >= 0.3 is 12.3 Å². The molecule has 2 aromatic rings. The number of aromatic nitrogens is 4. The summed E-state index contributed by atoms with van der Waals surface area (Å²) >= 11 is 0. The molecule has 2 aromatic heterocycles. The molecular formula is C19H25F3N6O4S. The van der Waals surface area contributed by atoms with Crippen LogP contribution in [0.2, 0.25) is 0 Å². The summed E-state index contributed by atoms with van der Waals surface area (Å²) in [6.45, 7) is 1.56. The number of amides is 1. The maximum Gasteiger partial charge on any atom is 0.425 e. The Labute approximate surface area is 189 Å². The van der Waals surface area contributed by atoms with Gasteiger partial charge in [-0.3, -0.25) is 10.0 Å². The van der Waals surface area contributed by atoms with Gasteiger partial charge in [-0.05, 0) is 31.9 Å². The van der Waals surface area contributed by atoms with Crippen molar-refractivity contribution in [3.05, 3.63) is 17.8 Å². The number of hydrogen-bond acceptors (Lipinski definition) is 7. The predicted molar refractivity (Wildman–Crippen MR) is 114 cm³/mol. The lowest BCUT2D eigenvalue weighted by molar-refractivity contribution is -0.220. The second-order valence-electron chi connectivity index (χ2n) is 8.00. The van der Waals surface area contributed by atoms with Crippen LogP contribution < -0.4 is 10.0 Å². The first-order valence-electron chi connectivity index (χ1n) is 10.2. The molecule has 1 unspecified atom stereocenters. The Morgan fingerprint density at radius 3 is 2.48 bits per heavy atom. The Kier molecular flexibility index (Phi) is 7.14. The molecule has 0 bridgehead atoms. The van der Waals surface area contributed by atoms with Gasteiger partial charge in [0.2, 0.25) is 16.1 Å². The lowest BCUT2D eigenvalue weighted by Crippen LogP contribution is -2.42. The van der Waals surface area contributed by atoms with Crippen LogP contribution in [-0.2, 0) is 21.8 Å². The van der Waals surface area contributed by atoms with E-state index in [1.165, 1.54) is 23.9 Å². The van der Waals surface area contributed by atoms with Gasteiger partial charge in [0.1, 0.15) is 0 Å². The van der Waals surface area contributed by atoms with Crippen molar-refractivity contribution >= 4 is 27.6 Å². The Balaban J connectivity index is 1.81. The molecule has 0 aromatic carbocycles. The second-order valence-corrected chi connectivity index (χ2v) is 9.75. The minimum Gasteiger partial charge on any atom is -0.436 e. The molecule has 10 nitrogen and oxygen atoms in total. The van der Waals surface area contributed by atoms with Crippen molar-refractivity contribution in [3.8, 4) is 11.4 Å². The zero-order valence-electron chi connectivity index (χ0n) is 18.3. The van der Waals surface area contributed by atoms with Crippen LogP contribution in [0.15, 0.2) is 12.1 Å². The highest BCUT2D eigenvalue weighted by atomic mass is 32.2. The van der Waals surface area contributed by atoms with Gasteiger partial charge in [-0.15, -0.1) is 5.10 Å².